The second-order valence-corrected chi connectivity index (χ2v) is 6.48. The van der Waals surface area contributed by atoms with Gasteiger partial charge in [0.25, 0.3) is 5.91 Å². The van der Waals surface area contributed by atoms with E-state index in [0.29, 0.717) is 12.1 Å². The number of aromatic hydroxyl groups is 2. The molecule has 0 aliphatic heterocycles. The zero-order valence-corrected chi connectivity index (χ0v) is 15.1. The number of amides is 1. The van der Waals surface area contributed by atoms with Crippen LogP contribution < -0.4 is 4.90 Å². The summed E-state index contributed by atoms with van der Waals surface area (Å²) in [4.78, 5) is 19.1. The van der Waals surface area contributed by atoms with Gasteiger partial charge in [-0.2, -0.15) is 0 Å². The molecule has 3 rings (SSSR count). The Bertz CT molecular complexity index is 961. The summed E-state index contributed by atoms with van der Waals surface area (Å²) in [6.07, 6.45) is 1.71. The lowest BCUT2D eigenvalue weighted by Crippen LogP contribution is -2.31. The molecule has 1 amide bonds. The van der Waals surface area contributed by atoms with E-state index in [4.69, 9.17) is 0 Å². The van der Waals surface area contributed by atoms with Crippen LogP contribution in [0.1, 0.15) is 42.6 Å². The van der Waals surface area contributed by atoms with Crippen molar-refractivity contribution in [2.24, 2.45) is 0 Å². The van der Waals surface area contributed by atoms with Gasteiger partial charge in [-0.25, -0.2) is 0 Å². The van der Waals surface area contributed by atoms with Gasteiger partial charge in [0.1, 0.15) is 11.5 Å². The number of carbonyl (C=O) groups excluding carboxylic acids is 1. The van der Waals surface area contributed by atoms with Gasteiger partial charge in [-0.05, 0) is 48.7 Å². The molecule has 0 bridgehead atoms. The van der Waals surface area contributed by atoms with E-state index in [2.05, 4.69) is 4.98 Å². The monoisotopic (exact) mass is 350 g/mol. The average molecular weight is 350 g/mol. The van der Waals surface area contributed by atoms with Crippen molar-refractivity contribution in [2.45, 2.75) is 26.7 Å². The number of phenolic OH excluding ortho intramolecular Hbond substituents is 2. The smallest absolute Gasteiger partial charge is 0.262 e. The Balaban J connectivity index is 2.12. The molecule has 2 aromatic carbocycles. The molecule has 1 heterocycles. The van der Waals surface area contributed by atoms with Gasteiger partial charge in [0, 0.05) is 24.2 Å². The molecular weight excluding hydrogens is 328 g/mol. The van der Waals surface area contributed by atoms with E-state index in [1.807, 2.05) is 51.1 Å². The lowest BCUT2D eigenvalue weighted by Gasteiger charge is -2.24. The van der Waals surface area contributed by atoms with Gasteiger partial charge in [-0.1, -0.05) is 19.9 Å². The van der Waals surface area contributed by atoms with Crippen LogP contribution in [0, 0.1) is 0 Å². The summed E-state index contributed by atoms with van der Waals surface area (Å²) in [7, 11) is 0. The van der Waals surface area contributed by atoms with Crippen molar-refractivity contribution in [2.75, 3.05) is 11.4 Å². The topological polar surface area (TPSA) is 73.7 Å². The van der Waals surface area contributed by atoms with Gasteiger partial charge in [0.05, 0.1) is 16.8 Å². The minimum Gasteiger partial charge on any atom is -0.508 e. The van der Waals surface area contributed by atoms with E-state index >= 15 is 0 Å². The zero-order chi connectivity index (χ0) is 18.8. The predicted octanol–water partition coefficient (Wildman–Crippen LogP) is 4.44. The van der Waals surface area contributed by atoms with Crippen LogP contribution in [0.2, 0.25) is 0 Å². The Morgan fingerprint density at radius 3 is 2.58 bits per heavy atom. The number of hydrogen-bond acceptors (Lipinski definition) is 4. The second kappa shape index (κ2) is 7.04. The Hall–Kier alpha value is -3.08. The van der Waals surface area contributed by atoms with Crippen LogP contribution in [-0.2, 0) is 0 Å². The van der Waals surface area contributed by atoms with Crippen LogP contribution in [0.4, 0.5) is 5.69 Å². The highest BCUT2D eigenvalue weighted by Gasteiger charge is 2.23. The molecule has 26 heavy (non-hydrogen) atoms. The Kier molecular flexibility index (Phi) is 4.80. The first kappa shape index (κ1) is 17.7. The second-order valence-electron chi connectivity index (χ2n) is 6.48. The third kappa shape index (κ3) is 3.08. The van der Waals surface area contributed by atoms with Crippen molar-refractivity contribution >= 4 is 22.5 Å². The van der Waals surface area contributed by atoms with Crippen LogP contribution in [0.25, 0.3) is 10.9 Å². The molecule has 0 saturated heterocycles. The van der Waals surface area contributed by atoms with Gasteiger partial charge in [-0.3, -0.25) is 9.78 Å². The van der Waals surface area contributed by atoms with Crippen LogP contribution in [0.15, 0.2) is 48.7 Å². The summed E-state index contributed by atoms with van der Waals surface area (Å²) in [5.41, 5.74) is 2.34. The van der Waals surface area contributed by atoms with E-state index < -0.39 is 0 Å². The minimum absolute atomic E-state index is 0.00791. The fourth-order valence-electron chi connectivity index (χ4n) is 3.12. The summed E-state index contributed by atoms with van der Waals surface area (Å²) >= 11 is 0. The number of aromatic nitrogens is 1. The SMILES string of the molecule is CCN(C(=O)c1cc(C(C)C)c(O)cc1O)c1cccc2ncccc12. The molecule has 3 aromatic rings. The van der Waals surface area contributed by atoms with E-state index in [1.54, 1.807) is 17.2 Å². The van der Waals surface area contributed by atoms with Crippen molar-refractivity contribution < 1.29 is 15.0 Å². The largest absolute Gasteiger partial charge is 0.508 e. The Morgan fingerprint density at radius 2 is 1.88 bits per heavy atom. The maximum atomic E-state index is 13.2. The van der Waals surface area contributed by atoms with Crippen molar-refractivity contribution in [1.82, 2.24) is 4.98 Å². The average Bonchev–Trinajstić information content (AvgIpc) is 2.62. The molecule has 5 heteroatoms. The molecule has 0 fully saturated rings. The van der Waals surface area contributed by atoms with Crippen LogP contribution in [0.5, 0.6) is 11.5 Å². The molecule has 0 spiro atoms. The minimum atomic E-state index is -0.316. The maximum absolute atomic E-state index is 13.2. The zero-order valence-electron chi connectivity index (χ0n) is 15.1. The molecule has 0 aliphatic carbocycles. The quantitative estimate of drug-likeness (QED) is 0.730. The van der Waals surface area contributed by atoms with E-state index in [0.717, 1.165) is 16.6 Å². The number of rotatable bonds is 4. The van der Waals surface area contributed by atoms with Gasteiger partial charge in [0.15, 0.2) is 0 Å². The predicted molar refractivity (Wildman–Crippen MR) is 103 cm³/mol. The molecule has 134 valence electrons. The third-order valence-electron chi connectivity index (χ3n) is 4.47. The molecule has 0 unspecified atom stereocenters. The number of pyridine rings is 1. The van der Waals surface area contributed by atoms with Crippen molar-refractivity contribution in [1.29, 1.82) is 0 Å². The number of nitrogens with zero attached hydrogens (tertiary/aromatic N) is 2. The molecule has 0 radical (unpaired) electrons. The van der Waals surface area contributed by atoms with Gasteiger partial charge < -0.3 is 15.1 Å². The van der Waals surface area contributed by atoms with Crippen LogP contribution in [0.3, 0.4) is 0 Å². The molecule has 0 saturated carbocycles. The van der Waals surface area contributed by atoms with Crippen molar-refractivity contribution in [3.8, 4) is 11.5 Å². The molecule has 2 N–H and O–H groups in total. The summed E-state index contributed by atoms with van der Waals surface area (Å²) in [5.74, 6) is -0.526. The molecule has 0 aliphatic rings. The molecule has 5 nitrogen and oxygen atoms in total. The van der Waals surface area contributed by atoms with Crippen LogP contribution in [-0.4, -0.2) is 27.6 Å². The van der Waals surface area contributed by atoms with Gasteiger partial charge in [0.2, 0.25) is 0 Å². The highest BCUT2D eigenvalue weighted by atomic mass is 16.3. The molecule has 0 atom stereocenters. The number of anilines is 1. The maximum Gasteiger partial charge on any atom is 0.262 e. The number of hydrogen-bond donors (Lipinski definition) is 2. The third-order valence-corrected chi connectivity index (χ3v) is 4.47. The number of phenols is 2. The number of benzene rings is 2. The fourth-order valence-corrected chi connectivity index (χ4v) is 3.12. The van der Waals surface area contributed by atoms with Gasteiger partial charge in [-0.15, -0.1) is 0 Å². The highest BCUT2D eigenvalue weighted by molar-refractivity contribution is 6.11. The number of fused-ring (bicyclic) bond motifs is 1. The summed E-state index contributed by atoms with van der Waals surface area (Å²) in [6, 6.07) is 12.2. The normalized spacial score (nSPS) is 11.1. The van der Waals surface area contributed by atoms with Gasteiger partial charge >= 0.3 is 0 Å². The first-order valence-electron chi connectivity index (χ1n) is 8.65. The summed E-state index contributed by atoms with van der Waals surface area (Å²) in [6.45, 7) is 6.17. The van der Waals surface area contributed by atoms with Crippen molar-refractivity contribution in [3.63, 3.8) is 0 Å². The number of carbonyl (C=O) groups is 1. The first-order chi connectivity index (χ1) is 12.4. The molecular formula is C21H22N2O3. The van der Waals surface area contributed by atoms with Crippen LogP contribution >= 0.6 is 0 Å². The standard InChI is InChI=1S/C21H22N2O3/c1-4-23(18-9-5-8-17-14(18)7-6-10-22-17)21(26)16-11-15(13(2)3)19(24)12-20(16)25/h5-13,24-25H,4H2,1-3H3. The Labute approximate surface area is 152 Å². The first-order valence-corrected chi connectivity index (χ1v) is 8.65. The highest BCUT2D eigenvalue weighted by Crippen LogP contribution is 2.34. The van der Waals surface area contributed by atoms with E-state index in [-0.39, 0.29) is 28.9 Å². The Morgan fingerprint density at radius 1 is 1.12 bits per heavy atom. The fraction of sp³-hybridized carbons (Fsp3) is 0.238. The molecule has 1 aromatic heterocycles. The lowest BCUT2D eigenvalue weighted by atomic mass is 9.98. The summed E-state index contributed by atoms with van der Waals surface area (Å²) in [5, 5.41) is 21.1. The summed E-state index contributed by atoms with van der Waals surface area (Å²) < 4.78 is 0. The van der Waals surface area contributed by atoms with E-state index in [9.17, 15) is 15.0 Å². The van der Waals surface area contributed by atoms with Crippen molar-refractivity contribution in [3.05, 3.63) is 59.8 Å². The lowest BCUT2D eigenvalue weighted by molar-refractivity contribution is 0.0986. The van der Waals surface area contributed by atoms with E-state index in [1.165, 1.54) is 6.07 Å².